The highest BCUT2D eigenvalue weighted by Crippen LogP contribution is 2.65. The van der Waals surface area contributed by atoms with Crippen molar-refractivity contribution in [3.8, 4) is 0 Å². The molecule has 186 valence electrons. The van der Waals surface area contributed by atoms with Gasteiger partial charge in [-0.2, -0.15) is 0 Å². The molecule has 0 fully saturated rings. The van der Waals surface area contributed by atoms with Crippen molar-refractivity contribution in [2.45, 2.75) is 88.6 Å². The maximum atomic E-state index is 11.0. The quantitative estimate of drug-likeness (QED) is 0.235. The summed E-state index contributed by atoms with van der Waals surface area (Å²) in [6, 6.07) is 7.94. The maximum absolute atomic E-state index is 11.0. The minimum absolute atomic E-state index is 0. The number of nitrogens with two attached hydrogens (primary N) is 3. The van der Waals surface area contributed by atoms with E-state index in [4.69, 9.17) is 36.8 Å². The lowest BCUT2D eigenvalue weighted by Gasteiger charge is -2.18. The number of rotatable bonds is 4. The maximum Gasteiger partial charge on any atom is 0.351 e. The summed E-state index contributed by atoms with van der Waals surface area (Å²) in [7, 11) is -9.73. The van der Waals surface area contributed by atoms with E-state index in [-0.39, 0.29) is 16.6 Å². The summed E-state index contributed by atoms with van der Waals surface area (Å²) in [4.78, 5) is 35.9. The molecule has 0 atom stereocenters. The largest absolute Gasteiger partial charge is 0.351 e. The Bertz CT molecular complexity index is 621. The predicted molar refractivity (Wildman–Crippen MR) is 132 cm³/mol. The van der Waals surface area contributed by atoms with Crippen molar-refractivity contribution in [1.82, 2.24) is 0 Å². The number of hydrogen-bond donors (Lipinski definition) is 7. The van der Waals surface area contributed by atoms with Gasteiger partial charge >= 0.3 is 15.2 Å². The van der Waals surface area contributed by atoms with Crippen molar-refractivity contribution in [2.75, 3.05) is 0 Å². The highest BCUT2D eigenvalue weighted by molar-refractivity contribution is 8.12. The number of thioether (sulfide) groups is 1. The first-order chi connectivity index (χ1) is 13.2. The third-order valence-electron chi connectivity index (χ3n) is 1.56. The number of benzene rings is 1. The second-order valence-corrected chi connectivity index (χ2v) is 15.7. The van der Waals surface area contributed by atoms with Gasteiger partial charge in [-0.05, 0) is 74.4 Å². The molecule has 0 spiro atoms. The zero-order valence-electron chi connectivity index (χ0n) is 20.1. The third kappa shape index (κ3) is 40.6. The van der Waals surface area contributed by atoms with Crippen molar-refractivity contribution in [2.24, 2.45) is 17.2 Å². The lowest BCUT2D eigenvalue weighted by Crippen LogP contribution is -2.26. The van der Waals surface area contributed by atoms with E-state index in [0.717, 1.165) is 0 Å². The summed E-state index contributed by atoms with van der Waals surface area (Å²) in [5, 5.41) is 0. The Morgan fingerprint density at radius 2 is 0.903 bits per heavy atom. The molecule has 0 aliphatic carbocycles. The Labute approximate surface area is 191 Å². The zero-order chi connectivity index (χ0) is 25.9. The average Bonchev–Trinajstić information content (AvgIpc) is 2.38. The normalized spacial score (nSPS) is 12.5. The van der Waals surface area contributed by atoms with E-state index in [9.17, 15) is 9.13 Å². The second kappa shape index (κ2) is 14.1. The van der Waals surface area contributed by atoms with E-state index in [2.05, 4.69) is 0 Å². The van der Waals surface area contributed by atoms with Crippen molar-refractivity contribution in [3.05, 3.63) is 30.3 Å². The lowest BCUT2D eigenvalue weighted by molar-refractivity contribution is 0.352. The lowest BCUT2D eigenvalue weighted by atomic mass is 10.1. The summed E-state index contributed by atoms with van der Waals surface area (Å²) < 4.78 is 19.9. The molecule has 1 rings (SSSR count). The summed E-state index contributed by atoms with van der Waals surface area (Å²) in [6.45, 7) is 17.7. The molecule has 12 heteroatoms. The molecule has 10 N–H and O–H groups in total. The molecular formula is C19H43N3O6P2S. The van der Waals surface area contributed by atoms with E-state index in [1.807, 2.05) is 62.3 Å². The van der Waals surface area contributed by atoms with Gasteiger partial charge in [0.1, 0.15) is 0 Å². The summed E-state index contributed by atoms with van der Waals surface area (Å²) in [5.41, 5.74) is 16.1. The average molecular weight is 504 g/mol. The van der Waals surface area contributed by atoms with Crippen LogP contribution in [0, 0.1) is 0 Å². The SMILES string of the molecule is CC(C)(C)N.CC(C)(C)N.CC(C)(C)N.O=P(O)(O)C(Sc1ccccc1)P(=O)(O)O. The van der Waals surface area contributed by atoms with Gasteiger partial charge in [-0.3, -0.25) is 9.13 Å². The van der Waals surface area contributed by atoms with Crippen LogP contribution in [0.4, 0.5) is 0 Å². The van der Waals surface area contributed by atoms with E-state index < -0.39 is 19.9 Å². The fraction of sp³-hybridized carbons (Fsp3) is 0.684. The smallest absolute Gasteiger partial charge is 0.326 e. The molecule has 0 unspecified atom stereocenters. The van der Waals surface area contributed by atoms with E-state index >= 15 is 0 Å². The topological polar surface area (TPSA) is 193 Å². The molecule has 31 heavy (non-hydrogen) atoms. The Morgan fingerprint density at radius 1 is 0.677 bits per heavy atom. The van der Waals surface area contributed by atoms with Crippen LogP contribution in [0.3, 0.4) is 0 Å². The molecule has 1 aromatic rings. The van der Waals surface area contributed by atoms with Gasteiger partial charge in [-0.25, -0.2) is 0 Å². The Hall–Kier alpha value is -0.250. The van der Waals surface area contributed by atoms with Crippen LogP contribution in [-0.4, -0.2) is 40.9 Å². The highest BCUT2D eigenvalue weighted by Gasteiger charge is 2.44. The molecule has 9 nitrogen and oxygen atoms in total. The van der Waals surface area contributed by atoms with E-state index in [1.54, 1.807) is 18.2 Å². The fourth-order valence-electron chi connectivity index (χ4n) is 0.954. The molecule has 0 aliphatic heterocycles. The van der Waals surface area contributed by atoms with Gasteiger partial charge in [0.2, 0.25) is 4.73 Å². The predicted octanol–water partition coefficient (Wildman–Crippen LogP) is 3.65. The van der Waals surface area contributed by atoms with Crippen molar-refractivity contribution in [1.29, 1.82) is 0 Å². The summed E-state index contributed by atoms with van der Waals surface area (Å²) >= 11 is 0.476. The van der Waals surface area contributed by atoms with Crippen molar-refractivity contribution < 1.29 is 28.7 Å². The van der Waals surface area contributed by atoms with Gasteiger partial charge in [0.25, 0.3) is 0 Å². The molecular weight excluding hydrogens is 460 g/mol. The van der Waals surface area contributed by atoms with Gasteiger partial charge in [0, 0.05) is 21.5 Å². The van der Waals surface area contributed by atoms with Crippen molar-refractivity contribution >= 4 is 27.0 Å². The summed E-state index contributed by atoms with van der Waals surface area (Å²) in [6.07, 6.45) is 0. The molecule has 0 bridgehead atoms. The first-order valence-corrected chi connectivity index (χ1v) is 13.6. The van der Waals surface area contributed by atoms with Crippen LogP contribution in [0.5, 0.6) is 0 Å². The van der Waals surface area contributed by atoms with E-state index in [0.29, 0.717) is 16.7 Å². The van der Waals surface area contributed by atoms with Gasteiger partial charge in [0.05, 0.1) is 0 Å². The van der Waals surface area contributed by atoms with Crippen LogP contribution < -0.4 is 17.2 Å². The molecule has 0 aromatic heterocycles. The van der Waals surface area contributed by atoms with Gasteiger partial charge in [-0.15, -0.1) is 0 Å². The van der Waals surface area contributed by atoms with Crippen LogP contribution in [0.15, 0.2) is 35.2 Å². The van der Waals surface area contributed by atoms with Crippen LogP contribution in [0.25, 0.3) is 0 Å². The molecule has 0 heterocycles. The van der Waals surface area contributed by atoms with Gasteiger partial charge in [-0.1, -0.05) is 30.0 Å². The Morgan fingerprint density at radius 3 is 1.10 bits per heavy atom. The molecule has 0 amide bonds. The van der Waals surface area contributed by atoms with Gasteiger partial charge in [0.15, 0.2) is 0 Å². The molecule has 0 saturated heterocycles. The second-order valence-electron chi connectivity index (χ2n) is 10.0. The Balaban J connectivity index is -0.000000428. The first kappa shape index (κ1) is 35.3. The minimum Gasteiger partial charge on any atom is -0.326 e. The molecule has 0 saturated carbocycles. The highest BCUT2D eigenvalue weighted by atomic mass is 32.2. The zero-order valence-corrected chi connectivity index (χ0v) is 22.7. The van der Waals surface area contributed by atoms with Gasteiger partial charge < -0.3 is 36.8 Å². The third-order valence-corrected chi connectivity index (χ3v) is 7.55. The van der Waals surface area contributed by atoms with Crippen molar-refractivity contribution in [3.63, 3.8) is 0 Å². The van der Waals surface area contributed by atoms with Crippen LogP contribution in [-0.2, 0) is 9.13 Å². The molecule has 0 aliphatic rings. The molecule has 1 aromatic carbocycles. The van der Waals surface area contributed by atoms with Crippen LogP contribution in [0.2, 0.25) is 0 Å². The monoisotopic (exact) mass is 503 g/mol. The van der Waals surface area contributed by atoms with Crippen LogP contribution >= 0.6 is 27.0 Å². The van der Waals surface area contributed by atoms with E-state index in [1.165, 1.54) is 12.1 Å². The summed E-state index contributed by atoms with van der Waals surface area (Å²) in [5.74, 6) is 0. The standard InChI is InChI=1S/C7H10O6P2S.3C4H11N/c8-14(9,10)7(15(11,12)13)16-6-4-2-1-3-5-6;3*1-4(2,3)5/h1-5,7H,(H2,8,9,10)(H2,11,12,13);3*5H2,1-3H3. The Kier molecular flexibility index (Phi) is 16.1. The number of hydrogen-bond acceptors (Lipinski definition) is 6. The first-order valence-electron chi connectivity index (χ1n) is 9.40. The van der Waals surface area contributed by atoms with Crippen LogP contribution in [0.1, 0.15) is 62.3 Å². The molecule has 0 radical (unpaired) electrons. The fourth-order valence-corrected chi connectivity index (χ4v) is 4.91. The minimum atomic E-state index is -4.86.